The molecular formula is C26H30F2O4. The molecular weight excluding hydrogens is 414 g/mol. The van der Waals surface area contributed by atoms with Gasteiger partial charge in [0, 0.05) is 6.42 Å². The van der Waals surface area contributed by atoms with Gasteiger partial charge in [-0.25, -0.2) is 8.78 Å². The number of carboxylic acid groups (broad SMARTS) is 1. The number of hydrogen-bond acceptors (Lipinski definition) is 3. The molecule has 0 fully saturated rings. The lowest BCUT2D eigenvalue weighted by atomic mass is 9.86. The van der Waals surface area contributed by atoms with E-state index >= 15 is 0 Å². The van der Waals surface area contributed by atoms with Crippen molar-refractivity contribution in [2.75, 3.05) is 0 Å². The fourth-order valence-corrected chi connectivity index (χ4v) is 3.52. The number of halogens is 2. The van der Waals surface area contributed by atoms with E-state index in [2.05, 4.69) is 0 Å². The number of aliphatic hydroxyl groups is 2. The van der Waals surface area contributed by atoms with Gasteiger partial charge in [0.05, 0.1) is 18.6 Å². The van der Waals surface area contributed by atoms with Crippen LogP contribution >= 0.6 is 0 Å². The van der Waals surface area contributed by atoms with Crippen molar-refractivity contribution in [3.8, 4) is 0 Å². The summed E-state index contributed by atoms with van der Waals surface area (Å²) in [5, 5.41) is 28.8. The van der Waals surface area contributed by atoms with Crippen LogP contribution in [0.15, 0.2) is 54.1 Å². The summed E-state index contributed by atoms with van der Waals surface area (Å²) >= 11 is 0. The standard InChI is InChI=1S/C26H30F2O4/c1-15(2)22(8-7-20(29)13-21(30)14-25(31)32)26(18-5-9-23(27)16(3)11-18)19-6-10-24(28)17(4)12-19/h5-12,15,20-21,29-30H,13-14H2,1-4H3,(H,31,32)/t20-,21?/m1/s1. The van der Waals surface area contributed by atoms with Gasteiger partial charge in [-0.05, 0) is 77.4 Å². The highest BCUT2D eigenvalue weighted by molar-refractivity contribution is 5.84. The molecule has 2 atom stereocenters. The minimum absolute atomic E-state index is 0.00638. The molecule has 0 radical (unpaired) electrons. The number of aliphatic hydroxyl groups excluding tert-OH is 2. The molecule has 1 unspecified atom stereocenters. The van der Waals surface area contributed by atoms with Crippen LogP contribution in [-0.4, -0.2) is 33.5 Å². The largest absolute Gasteiger partial charge is 0.481 e. The lowest BCUT2D eigenvalue weighted by Gasteiger charge is -2.19. The van der Waals surface area contributed by atoms with Gasteiger partial charge in [-0.15, -0.1) is 0 Å². The van der Waals surface area contributed by atoms with Crippen LogP contribution < -0.4 is 0 Å². The summed E-state index contributed by atoms with van der Waals surface area (Å²) in [5.41, 5.74) is 4.06. The molecule has 0 bridgehead atoms. The van der Waals surface area contributed by atoms with Crippen LogP contribution in [0, 0.1) is 31.4 Å². The van der Waals surface area contributed by atoms with Crippen molar-refractivity contribution in [3.63, 3.8) is 0 Å². The van der Waals surface area contributed by atoms with E-state index in [4.69, 9.17) is 5.11 Å². The normalized spacial score (nSPS) is 13.4. The molecule has 2 rings (SSSR count). The topological polar surface area (TPSA) is 77.8 Å². The van der Waals surface area contributed by atoms with Crippen LogP contribution in [-0.2, 0) is 4.79 Å². The van der Waals surface area contributed by atoms with Crippen LogP contribution in [0.5, 0.6) is 0 Å². The predicted octanol–water partition coefficient (Wildman–Crippen LogP) is 5.18. The van der Waals surface area contributed by atoms with Gasteiger partial charge in [0.25, 0.3) is 0 Å². The van der Waals surface area contributed by atoms with Crippen molar-refractivity contribution < 1.29 is 28.9 Å². The Labute approximate surface area is 187 Å². The van der Waals surface area contributed by atoms with Gasteiger partial charge in [0.15, 0.2) is 0 Å². The Morgan fingerprint density at radius 3 is 1.88 bits per heavy atom. The zero-order valence-electron chi connectivity index (χ0n) is 18.8. The maximum atomic E-state index is 13.9. The minimum Gasteiger partial charge on any atom is -0.481 e. The highest BCUT2D eigenvalue weighted by Gasteiger charge is 2.17. The second-order valence-corrected chi connectivity index (χ2v) is 8.33. The Hall–Kier alpha value is -2.83. The first-order valence-electron chi connectivity index (χ1n) is 10.5. The lowest BCUT2D eigenvalue weighted by molar-refractivity contribution is -0.139. The molecule has 32 heavy (non-hydrogen) atoms. The van der Waals surface area contributed by atoms with E-state index in [1.165, 1.54) is 18.2 Å². The SMILES string of the molecule is Cc1cc(C(=C(C=C[C@@H](O)CC(O)CC(=O)O)C(C)C)c2ccc(F)c(C)c2)ccc1F. The molecule has 4 nitrogen and oxygen atoms in total. The van der Waals surface area contributed by atoms with Crippen LogP contribution in [0.25, 0.3) is 5.57 Å². The van der Waals surface area contributed by atoms with Gasteiger partial charge in [0.2, 0.25) is 0 Å². The van der Waals surface area contributed by atoms with Crippen molar-refractivity contribution >= 4 is 11.5 Å². The number of carbonyl (C=O) groups is 1. The molecule has 0 saturated carbocycles. The van der Waals surface area contributed by atoms with Gasteiger partial charge in [-0.1, -0.05) is 38.1 Å². The number of rotatable bonds is 9. The van der Waals surface area contributed by atoms with E-state index < -0.39 is 24.6 Å². The molecule has 0 amide bonds. The van der Waals surface area contributed by atoms with E-state index in [-0.39, 0.29) is 24.0 Å². The van der Waals surface area contributed by atoms with Crippen LogP contribution in [0.1, 0.15) is 48.9 Å². The van der Waals surface area contributed by atoms with Gasteiger partial charge in [-0.3, -0.25) is 4.79 Å². The molecule has 2 aromatic rings. The number of hydrogen-bond donors (Lipinski definition) is 3. The van der Waals surface area contributed by atoms with Crippen molar-refractivity contribution in [2.45, 2.75) is 52.7 Å². The summed E-state index contributed by atoms with van der Waals surface area (Å²) in [5.74, 6) is -1.80. The molecule has 0 aliphatic carbocycles. The Morgan fingerprint density at radius 2 is 1.47 bits per heavy atom. The Bertz CT molecular complexity index is 971. The van der Waals surface area contributed by atoms with Crippen LogP contribution in [0.3, 0.4) is 0 Å². The third-order valence-corrected chi connectivity index (χ3v) is 5.23. The van der Waals surface area contributed by atoms with E-state index in [0.29, 0.717) is 11.1 Å². The average Bonchev–Trinajstić information content (AvgIpc) is 2.68. The third kappa shape index (κ3) is 6.84. The number of aliphatic carboxylic acids is 1. The first-order chi connectivity index (χ1) is 15.0. The third-order valence-electron chi connectivity index (χ3n) is 5.23. The highest BCUT2D eigenvalue weighted by Crippen LogP contribution is 2.33. The lowest BCUT2D eigenvalue weighted by Crippen LogP contribution is -2.19. The quantitative estimate of drug-likeness (QED) is 0.466. The van der Waals surface area contributed by atoms with Gasteiger partial charge in [0.1, 0.15) is 11.6 Å². The van der Waals surface area contributed by atoms with Crippen LogP contribution in [0.2, 0.25) is 0 Å². The Kier molecular flexibility index (Phi) is 8.87. The number of aryl methyl sites for hydroxylation is 2. The second kappa shape index (κ2) is 11.2. The van der Waals surface area contributed by atoms with E-state index in [9.17, 15) is 23.8 Å². The smallest absolute Gasteiger partial charge is 0.305 e. The summed E-state index contributed by atoms with van der Waals surface area (Å²) < 4.78 is 27.9. The summed E-state index contributed by atoms with van der Waals surface area (Å²) in [4.78, 5) is 10.7. The minimum atomic E-state index is -1.17. The monoisotopic (exact) mass is 444 g/mol. The second-order valence-electron chi connectivity index (χ2n) is 8.33. The van der Waals surface area contributed by atoms with E-state index in [1.54, 1.807) is 44.2 Å². The molecule has 3 N–H and O–H groups in total. The molecule has 0 aromatic heterocycles. The fourth-order valence-electron chi connectivity index (χ4n) is 3.52. The zero-order chi connectivity index (χ0) is 24.0. The van der Waals surface area contributed by atoms with Gasteiger partial charge >= 0.3 is 5.97 Å². The first kappa shape index (κ1) is 25.4. The number of benzene rings is 2. The molecule has 0 aliphatic heterocycles. The molecule has 0 saturated heterocycles. The Balaban J connectivity index is 2.58. The average molecular weight is 445 g/mol. The van der Waals surface area contributed by atoms with E-state index in [0.717, 1.165) is 22.3 Å². The summed E-state index contributed by atoms with van der Waals surface area (Å²) in [6, 6.07) is 9.57. The summed E-state index contributed by atoms with van der Waals surface area (Å²) in [6.45, 7) is 7.28. The maximum absolute atomic E-state index is 13.9. The molecule has 6 heteroatoms. The molecule has 0 aliphatic rings. The van der Waals surface area contributed by atoms with E-state index in [1.807, 2.05) is 13.8 Å². The molecule has 0 spiro atoms. The molecule has 172 valence electrons. The molecule has 0 heterocycles. The summed E-state index contributed by atoms with van der Waals surface area (Å²) in [6.07, 6.45) is 0.450. The first-order valence-corrected chi connectivity index (χ1v) is 10.5. The maximum Gasteiger partial charge on any atom is 0.305 e. The Morgan fingerprint density at radius 1 is 0.969 bits per heavy atom. The van der Waals surface area contributed by atoms with Crippen molar-refractivity contribution in [1.29, 1.82) is 0 Å². The number of allylic oxidation sites excluding steroid dienone is 2. The number of carboxylic acids is 1. The highest BCUT2D eigenvalue weighted by atomic mass is 19.1. The zero-order valence-corrected chi connectivity index (χ0v) is 18.8. The van der Waals surface area contributed by atoms with Crippen LogP contribution in [0.4, 0.5) is 8.78 Å². The van der Waals surface area contributed by atoms with Crippen molar-refractivity contribution in [1.82, 2.24) is 0 Å². The van der Waals surface area contributed by atoms with Crippen molar-refractivity contribution in [3.05, 3.63) is 88.0 Å². The van der Waals surface area contributed by atoms with Gasteiger partial charge < -0.3 is 15.3 Å². The fraction of sp³-hybridized carbons (Fsp3) is 0.346. The van der Waals surface area contributed by atoms with Gasteiger partial charge in [-0.2, -0.15) is 0 Å². The summed E-state index contributed by atoms with van der Waals surface area (Å²) in [7, 11) is 0. The predicted molar refractivity (Wildman–Crippen MR) is 121 cm³/mol. The van der Waals surface area contributed by atoms with Crippen molar-refractivity contribution in [2.24, 2.45) is 5.92 Å². The molecule has 2 aromatic carbocycles.